The number of amides is 2. The number of sulfonamides is 1. The number of likely N-dealkylation sites (tertiary alicyclic amines) is 1. The zero-order valence-corrected chi connectivity index (χ0v) is 19.1. The molecule has 170 valence electrons. The summed E-state index contributed by atoms with van der Waals surface area (Å²) in [5.74, 6) is -0.144. The molecule has 7 nitrogen and oxygen atoms in total. The molecule has 2 heterocycles. The highest BCUT2D eigenvalue weighted by atomic mass is 32.2. The molecule has 0 radical (unpaired) electrons. The topological polar surface area (TPSA) is 86.8 Å². The number of benzene rings is 1. The van der Waals surface area contributed by atoms with E-state index in [1.165, 1.54) is 6.08 Å². The zero-order valence-electron chi connectivity index (χ0n) is 18.3. The van der Waals surface area contributed by atoms with Gasteiger partial charge in [-0.05, 0) is 50.7 Å². The van der Waals surface area contributed by atoms with Crippen molar-refractivity contribution in [2.45, 2.75) is 56.2 Å². The second kappa shape index (κ2) is 9.96. The predicted octanol–water partition coefficient (Wildman–Crippen LogP) is 2.10. The zero-order chi connectivity index (χ0) is 22.5. The first-order valence-electron chi connectivity index (χ1n) is 11.0. The lowest BCUT2D eigenvalue weighted by Gasteiger charge is -2.41. The van der Waals surface area contributed by atoms with E-state index in [1.54, 1.807) is 9.21 Å². The number of nitrogens with one attached hydrogen (secondary N) is 1. The molecule has 0 unspecified atom stereocenters. The number of piperidine rings is 2. The number of hydrogen-bond donors (Lipinski definition) is 1. The second-order valence-electron chi connectivity index (χ2n) is 8.76. The van der Waals surface area contributed by atoms with Crippen LogP contribution >= 0.6 is 0 Å². The number of hydrogen-bond acceptors (Lipinski definition) is 4. The van der Waals surface area contributed by atoms with Gasteiger partial charge in [-0.15, -0.1) is 0 Å². The van der Waals surface area contributed by atoms with E-state index in [1.807, 2.05) is 37.3 Å². The van der Waals surface area contributed by atoms with E-state index in [4.69, 9.17) is 0 Å². The van der Waals surface area contributed by atoms with E-state index < -0.39 is 20.8 Å². The van der Waals surface area contributed by atoms with Crippen LogP contribution in [0.15, 0.2) is 43.0 Å². The summed E-state index contributed by atoms with van der Waals surface area (Å²) in [6.45, 7) is 7.17. The Labute approximate surface area is 185 Å². The van der Waals surface area contributed by atoms with Gasteiger partial charge in [0.05, 0.1) is 5.25 Å². The fourth-order valence-corrected chi connectivity index (χ4v) is 6.30. The summed E-state index contributed by atoms with van der Waals surface area (Å²) in [5.41, 5.74) is 0.723. The lowest BCUT2D eigenvalue weighted by atomic mass is 9.90. The van der Waals surface area contributed by atoms with E-state index in [-0.39, 0.29) is 11.8 Å². The maximum atomic E-state index is 13.1. The summed E-state index contributed by atoms with van der Waals surface area (Å²) < 4.78 is 27.8. The third-order valence-corrected chi connectivity index (χ3v) is 8.88. The van der Waals surface area contributed by atoms with Gasteiger partial charge in [0.1, 0.15) is 0 Å². The Hall–Kier alpha value is -2.19. The van der Waals surface area contributed by atoms with E-state index >= 15 is 0 Å². The SMILES string of the molecule is C=CC(=O)NC1(C)CCN(S(=O)(=O)C2CCN(C(=O)CCc3ccccc3)CC2)CC1. The fraction of sp³-hybridized carbons (Fsp3) is 0.565. The first-order chi connectivity index (χ1) is 14.7. The molecule has 1 aromatic carbocycles. The Morgan fingerprint density at radius 3 is 2.32 bits per heavy atom. The lowest BCUT2D eigenvalue weighted by molar-refractivity contribution is -0.132. The van der Waals surface area contributed by atoms with Crippen LogP contribution in [-0.4, -0.2) is 66.4 Å². The van der Waals surface area contributed by atoms with Crippen LogP contribution in [0, 0.1) is 0 Å². The first-order valence-corrected chi connectivity index (χ1v) is 12.5. The standard InChI is InChI=1S/C23H33N3O4S/c1-3-21(27)24-23(2)13-17-26(18-14-23)31(29,30)20-11-15-25(16-12-20)22(28)10-9-19-7-5-4-6-8-19/h3-8,20H,1,9-18H2,2H3,(H,24,27). The number of rotatable bonds is 7. The molecule has 3 rings (SSSR count). The summed E-state index contributed by atoms with van der Waals surface area (Å²) in [4.78, 5) is 26.0. The van der Waals surface area contributed by atoms with E-state index in [9.17, 15) is 18.0 Å². The molecule has 31 heavy (non-hydrogen) atoms. The van der Waals surface area contributed by atoms with E-state index in [2.05, 4.69) is 11.9 Å². The molecule has 2 aliphatic rings. The third-order valence-electron chi connectivity index (χ3n) is 6.48. The van der Waals surface area contributed by atoms with Crippen molar-refractivity contribution in [3.8, 4) is 0 Å². The van der Waals surface area contributed by atoms with Crippen molar-refractivity contribution < 1.29 is 18.0 Å². The third kappa shape index (κ3) is 5.95. The Morgan fingerprint density at radius 2 is 1.74 bits per heavy atom. The van der Waals surface area contributed by atoms with Crippen molar-refractivity contribution in [2.24, 2.45) is 0 Å². The molecule has 2 saturated heterocycles. The summed E-state index contributed by atoms with van der Waals surface area (Å²) in [6.07, 6.45) is 4.48. The van der Waals surface area contributed by atoms with E-state index in [0.717, 1.165) is 5.56 Å². The lowest BCUT2D eigenvalue weighted by Crippen LogP contribution is -2.56. The van der Waals surface area contributed by atoms with Crippen LogP contribution < -0.4 is 5.32 Å². The fourth-order valence-electron chi connectivity index (χ4n) is 4.38. The normalized spacial score (nSPS) is 20.2. The quantitative estimate of drug-likeness (QED) is 0.649. The Morgan fingerprint density at radius 1 is 1.13 bits per heavy atom. The number of carbonyl (C=O) groups excluding carboxylic acids is 2. The number of nitrogens with zero attached hydrogens (tertiary/aromatic N) is 2. The van der Waals surface area contributed by atoms with Crippen molar-refractivity contribution >= 4 is 21.8 Å². The van der Waals surface area contributed by atoms with Gasteiger partial charge in [0.25, 0.3) is 0 Å². The molecular weight excluding hydrogens is 414 g/mol. The first kappa shape index (κ1) is 23.5. The van der Waals surface area contributed by atoms with Gasteiger partial charge in [-0.2, -0.15) is 0 Å². The minimum Gasteiger partial charge on any atom is -0.347 e. The van der Waals surface area contributed by atoms with Crippen LogP contribution in [0.2, 0.25) is 0 Å². The highest BCUT2D eigenvalue weighted by Crippen LogP contribution is 2.28. The van der Waals surface area contributed by atoms with Gasteiger partial charge in [0.2, 0.25) is 21.8 Å². The summed E-state index contributed by atoms with van der Waals surface area (Å²) in [7, 11) is -3.41. The van der Waals surface area contributed by atoms with Gasteiger partial charge >= 0.3 is 0 Å². The maximum absolute atomic E-state index is 13.1. The van der Waals surface area contributed by atoms with Crippen LogP contribution in [0.5, 0.6) is 0 Å². The summed E-state index contributed by atoms with van der Waals surface area (Å²) >= 11 is 0. The second-order valence-corrected chi connectivity index (χ2v) is 11.0. The molecule has 2 fully saturated rings. The molecule has 8 heteroatoms. The Balaban J connectivity index is 1.48. The van der Waals surface area contributed by atoms with Crippen molar-refractivity contribution in [3.05, 3.63) is 48.6 Å². The van der Waals surface area contributed by atoms with E-state index in [0.29, 0.717) is 64.7 Å². The molecule has 0 aromatic heterocycles. The van der Waals surface area contributed by atoms with Crippen LogP contribution in [0.3, 0.4) is 0 Å². The van der Waals surface area contributed by atoms with Gasteiger partial charge in [0, 0.05) is 38.1 Å². The van der Waals surface area contributed by atoms with Crippen LogP contribution in [0.25, 0.3) is 0 Å². The summed E-state index contributed by atoms with van der Waals surface area (Å²) in [6, 6.07) is 9.91. The molecule has 1 N–H and O–H groups in total. The van der Waals surface area contributed by atoms with Gasteiger partial charge < -0.3 is 10.2 Å². The molecule has 2 aliphatic heterocycles. The molecule has 1 aromatic rings. The van der Waals surface area contributed by atoms with Crippen molar-refractivity contribution in [3.63, 3.8) is 0 Å². The Bertz CT molecular complexity index is 885. The van der Waals surface area contributed by atoms with Crippen LogP contribution in [0.1, 0.15) is 44.6 Å². The van der Waals surface area contributed by atoms with Gasteiger partial charge in [0.15, 0.2) is 0 Å². The largest absolute Gasteiger partial charge is 0.347 e. The molecule has 0 bridgehead atoms. The average molecular weight is 448 g/mol. The molecule has 0 saturated carbocycles. The van der Waals surface area contributed by atoms with Crippen molar-refractivity contribution in [1.29, 1.82) is 0 Å². The van der Waals surface area contributed by atoms with Crippen molar-refractivity contribution in [2.75, 3.05) is 26.2 Å². The van der Waals surface area contributed by atoms with Gasteiger partial charge in [-0.25, -0.2) is 12.7 Å². The average Bonchev–Trinajstić information content (AvgIpc) is 2.78. The monoisotopic (exact) mass is 447 g/mol. The maximum Gasteiger partial charge on any atom is 0.243 e. The minimum absolute atomic E-state index is 0.0893. The van der Waals surface area contributed by atoms with Gasteiger partial charge in [-0.1, -0.05) is 36.9 Å². The smallest absolute Gasteiger partial charge is 0.243 e. The van der Waals surface area contributed by atoms with Crippen LogP contribution in [0.4, 0.5) is 0 Å². The summed E-state index contributed by atoms with van der Waals surface area (Å²) in [5, 5.41) is 2.47. The number of aryl methyl sites for hydroxylation is 1. The molecule has 0 aliphatic carbocycles. The minimum atomic E-state index is -3.41. The highest BCUT2D eigenvalue weighted by molar-refractivity contribution is 7.89. The van der Waals surface area contributed by atoms with Gasteiger partial charge in [-0.3, -0.25) is 9.59 Å². The molecular formula is C23H33N3O4S. The van der Waals surface area contributed by atoms with Crippen LogP contribution in [-0.2, 0) is 26.0 Å². The highest BCUT2D eigenvalue weighted by Gasteiger charge is 2.40. The molecule has 0 atom stereocenters. The van der Waals surface area contributed by atoms with Crippen molar-refractivity contribution in [1.82, 2.24) is 14.5 Å². The molecule has 2 amide bonds. The Kier molecular flexibility index (Phi) is 7.54. The molecule has 0 spiro atoms. The predicted molar refractivity (Wildman–Crippen MR) is 121 cm³/mol. The number of carbonyl (C=O) groups is 2.